The molecule has 0 aromatic carbocycles. The van der Waals surface area contributed by atoms with Crippen molar-refractivity contribution >= 4 is 0 Å². The van der Waals surface area contributed by atoms with Crippen LogP contribution in [0.15, 0.2) is 18.5 Å². The molecule has 1 fully saturated rings. The zero-order chi connectivity index (χ0) is 10.7. The molecule has 0 bridgehead atoms. The van der Waals surface area contributed by atoms with Crippen molar-refractivity contribution in [2.45, 2.75) is 19.0 Å². The van der Waals surface area contributed by atoms with Crippen LogP contribution < -0.4 is 0 Å². The van der Waals surface area contributed by atoms with Gasteiger partial charge in [-0.1, -0.05) is 0 Å². The van der Waals surface area contributed by atoms with Gasteiger partial charge in [-0.15, -0.1) is 0 Å². The Bertz CT molecular complexity index is 326. The predicted molar refractivity (Wildman–Crippen MR) is 54.9 cm³/mol. The van der Waals surface area contributed by atoms with Gasteiger partial charge in [-0.05, 0) is 19.5 Å². The topological polar surface area (TPSA) is 25.4 Å². The molecule has 0 unspecified atom stereocenters. The molecule has 2 rings (SSSR count). The van der Waals surface area contributed by atoms with Gasteiger partial charge in [0.15, 0.2) is 0 Å². The van der Waals surface area contributed by atoms with E-state index < -0.39 is 0 Å². The maximum absolute atomic E-state index is 13.3. The van der Waals surface area contributed by atoms with E-state index in [0.29, 0.717) is 18.2 Å². The van der Waals surface area contributed by atoms with Crippen molar-refractivity contribution in [2.24, 2.45) is 0 Å². The Labute approximate surface area is 88.9 Å². The molecule has 3 nitrogen and oxygen atoms in total. The lowest BCUT2D eigenvalue weighted by Crippen LogP contribution is -2.31. The average Bonchev–Trinajstić information content (AvgIpc) is 2.74. The highest BCUT2D eigenvalue weighted by molar-refractivity contribution is 5.12. The fraction of sp³-hybridized carbons (Fsp3) is 0.545. The number of nitrogens with zero attached hydrogens (tertiary/aromatic N) is 2. The molecular weight excluding hydrogens is 195 g/mol. The highest BCUT2D eigenvalue weighted by Gasteiger charge is 2.20. The SMILES string of the molecule is CN(Cc1ccncc1F)[C@@H]1CCOC1. The Kier molecular flexibility index (Phi) is 3.28. The first-order chi connectivity index (χ1) is 7.27. The van der Waals surface area contributed by atoms with E-state index in [0.717, 1.165) is 19.6 Å². The molecule has 1 atom stereocenters. The molecule has 82 valence electrons. The fourth-order valence-corrected chi connectivity index (χ4v) is 1.80. The minimum Gasteiger partial charge on any atom is -0.380 e. The Morgan fingerprint density at radius 3 is 3.20 bits per heavy atom. The summed E-state index contributed by atoms with van der Waals surface area (Å²) in [7, 11) is 2.00. The van der Waals surface area contributed by atoms with E-state index in [9.17, 15) is 4.39 Å². The molecule has 0 radical (unpaired) electrons. The lowest BCUT2D eigenvalue weighted by Gasteiger charge is -2.22. The molecule has 15 heavy (non-hydrogen) atoms. The van der Waals surface area contributed by atoms with Crippen molar-refractivity contribution in [2.75, 3.05) is 20.3 Å². The molecule has 2 heterocycles. The molecule has 0 amide bonds. The number of likely N-dealkylation sites (N-methyl/N-ethyl adjacent to an activating group) is 1. The Morgan fingerprint density at radius 2 is 2.53 bits per heavy atom. The van der Waals surface area contributed by atoms with Gasteiger partial charge in [0.2, 0.25) is 0 Å². The van der Waals surface area contributed by atoms with Gasteiger partial charge in [0.05, 0.1) is 12.8 Å². The van der Waals surface area contributed by atoms with E-state index >= 15 is 0 Å². The number of hydrogen-bond donors (Lipinski definition) is 0. The quantitative estimate of drug-likeness (QED) is 0.755. The van der Waals surface area contributed by atoms with Crippen LogP contribution in [0, 0.1) is 5.82 Å². The number of pyridine rings is 1. The lowest BCUT2D eigenvalue weighted by atomic mass is 10.2. The van der Waals surface area contributed by atoms with E-state index in [2.05, 4.69) is 9.88 Å². The molecule has 4 heteroatoms. The van der Waals surface area contributed by atoms with E-state index in [-0.39, 0.29) is 5.82 Å². The van der Waals surface area contributed by atoms with Crippen LogP contribution in [0.25, 0.3) is 0 Å². The van der Waals surface area contributed by atoms with Crippen LogP contribution in [0.5, 0.6) is 0 Å². The van der Waals surface area contributed by atoms with Gasteiger partial charge in [-0.25, -0.2) is 4.39 Å². The molecule has 1 aliphatic rings. The molecule has 1 aromatic heterocycles. The van der Waals surface area contributed by atoms with Gasteiger partial charge in [-0.2, -0.15) is 0 Å². The second-order valence-corrected chi connectivity index (χ2v) is 3.90. The van der Waals surface area contributed by atoms with E-state index in [1.165, 1.54) is 6.20 Å². The summed E-state index contributed by atoms with van der Waals surface area (Å²) in [5.41, 5.74) is 0.694. The highest BCUT2D eigenvalue weighted by Crippen LogP contribution is 2.14. The third-order valence-corrected chi connectivity index (χ3v) is 2.81. The van der Waals surface area contributed by atoms with Crippen molar-refractivity contribution in [3.8, 4) is 0 Å². The fourth-order valence-electron chi connectivity index (χ4n) is 1.80. The molecule has 0 saturated carbocycles. The summed E-state index contributed by atoms with van der Waals surface area (Å²) in [6.45, 7) is 2.18. The van der Waals surface area contributed by atoms with Crippen molar-refractivity contribution in [3.63, 3.8) is 0 Å². The predicted octanol–water partition coefficient (Wildman–Crippen LogP) is 1.44. The van der Waals surface area contributed by atoms with Gasteiger partial charge >= 0.3 is 0 Å². The van der Waals surface area contributed by atoms with Gasteiger partial charge in [-0.3, -0.25) is 9.88 Å². The Morgan fingerprint density at radius 1 is 1.67 bits per heavy atom. The number of ether oxygens (including phenoxy) is 1. The minimum absolute atomic E-state index is 0.233. The van der Waals surface area contributed by atoms with Gasteiger partial charge in [0, 0.05) is 31.0 Å². The van der Waals surface area contributed by atoms with Crippen LogP contribution in [0.3, 0.4) is 0 Å². The standard InChI is InChI=1S/C11H15FN2O/c1-14(10-3-5-15-8-10)7-9-2-4-13-6-11(9)12/h2,4,6,10H,3,5,7-8H2,1H3/t10-/m1/s1. The Hall–Kier alpha value is -1.00. The van der Waals surface area contributed by atoms with Gasteiger partial charge in [0.25, 0.3) is 0 Å². The summed E-state index contributed by atoms with van der Waals surface area (Å²) in [6.07, 6.45) is 3.91. The van der Waals surface area contributed by atoms with Crippen LogP contribution in [-0.2, 0) is 11.3 Å². The zero-order valence-electron chi connectivity index (χ0n) is 8.82. The summed E-state index contributed by atoms with van der Waals surface area (Å²) in [6, 6.07) is 2.14. The van der Waals surface area contributed by atoms with E-state index in [1.807, 2.05) is 7.05 Å². The normalized spacial score (nSPS) is 21.1. The smallest absolute Gasteiger partial charge is 0.145 e. The summed E-state index contributed by atoms with van der Waals surface area (Å²) in [4.78, 5) is 5.86. The lowest BCUT2D eigenvalue weighted by molar-refractivity contribution is 0.155. The number of rotatable bonds is 3. The second-order valence-electron chi connectivity index (χ2n) is 3.90. The first kappa shape index (κ1) is 10.5. The van der Waals surface area contributed by atoms with Crippen molar-refractivity contribution in [1.29, 1.82) is 0 Å². The molecule has 0 aliphatic carbocycles. The molecule has 0 N–H and O–H groups in total. The minimum atomic E-state index is -0.233. The average molecular weight is 210 g/mol. The van der Waals surface area contributed by atoms with Crippen molar-refractivity contribution in [1.82, 2.24) is 9.88 Å². The van der Waals surface area contributed by atoms with Crippen LogP contribution in [0.2, 0.25) is 0 Å². The summed E-state index contributed by atoms with van der Waals surface area (Å²) in [5, 5.41) is 0. The highest BCUT2D eigenvalue weighted by atomic mass is 19.1. The van der Waals surface area contributed by atoms with E-state index in [1.54, 1.807) is 12.3 Å². The zero-order valence-corrected chi connectivity index (χ0v) is 8.82. The number of hydrogen-bond acceptors (Lipinski definition) is 3. The Balaban J connectivity index is 1.99. The number of aromatic nitrogens is 1. The largest absolute Gasteiger partial charge is 0.380 e. The van der Waals surface area contributed by atoms with Gasteiger partial charge < -0.3 is 4.74 Å². The maximum Gasteiger partial charge on any atom is 0.145 e. The molecule has 1 aromatic rings. The first-order valence-corrected chi connectivity index (χ1v) is 5.14. The van der Waals surface area contributed by atoms with Crippen molar-refractivity contribution < 1.29 is 9.13 Å². The van der Waals surface area contributed by atoms with Crippen LogP contribution in [0.1, 0.15) is 12.0 Å². The number of halogens is 1. The van der Waals surface area contributed by atoms with Crippen LogP contribution in [-0.4, -0.2) is 36.2 Å². The van der Waals surface area contributed by atoms with Crippen molar-refractivity contribution in [3.05, 3.63) is 29.8 Å². The maximum atomic E-state index is 13.3. The summed E-state index contributed by atoms with van der Waals surface area (Å²) in [5.74, 6) is -0.233. The van der Waals surface area contributed by atoms with Gasteiger partial charge in [0.1, 0.15) is 5.82 Å². The molecule has 0 spiro atoms. The third-order valence-electron chi connectivity index (χ3n) is 2.81. The summed E-state index contributed by atoms with van der Waals surface area (Å²) >= 11 is 0. The van der Waals surface area contributed by atoms with E-state index in [4.69, 9.17) is 4.74 Å². The first-order valence-electron chi connectivity index (χ1n) is 5.14. The molecule has 1 aliphatic heterocycles. The van der Waals surface area contributed by atoms with Crippen LogP contribution in [0.4, 0.5) is 4.39 Å². The third kappa shape index (κ3) is 2.52. The molecule has 1 saturated heterocycles. The second kappa shape index (κ2) is 4.68. The molecular formula is C11H15FN2O. The summed E-state index contributed by atoms with van der Waals surface area (Å²) < 4.78 is 18.6. The van der Waals surface area contributed by atoms with Crippen LogP contribution >= 0.6 is 0 Å². The monoisotopic (exact) mass is 210 g/mol.